The quantitative estimate of drug-likeness (QED) is 0.786. The molecule has 0 saturated heterocycles. The van der Waals surface area contributed by atoms with Crippen LogP contribution in [0.5, 0.6) is 0 Å². The number of halogens is 3. The molecule has 0 radical (unpaired) electrons. The lowest BCUT2D eigenvalue weighted by atomic mass is 10.1. The molecule has 0 spiro atoms. The Kier molecular flexibility index (Phi) is 3.64. The van der Waals surface area contributed by atoms with Gasteiger partial charge in [-0.05, 0) is 23.6 Å². The van der Waals surface area contributed by atoms with Crippen molar-refractivity contribution in [1.82, 2.24) is 0 Å². The summed E-state index contributed by atoms with van der Waals surface area (Å²) in [7, 11) is 0. The van der Waals surface area contributed by atoms with E-state index >= 15 is 0 Å². The monoisotopic (exact) mass is 306 g/mol. The lowest BCUT2D eigenvalue weighted by Gasteiger charge is -2.06. The number of carboxylic acid groups (broad SMARTS) is 1. The minimum absolute atomic E-state index is 0.227. The van der Waals surface area contributed by atoms with Crippen LogP contribution in [0.4, 0.5) is 0 Å². The first-order chi connectivity index (χ1) is 8.00. The highest BCUT2D eigenvalue weighted by molar-refractivity contribution is 7.12. The lowest BCUT2D eigenvalue weighted by Crippen LogP contribution is -1.94. The molecule has 0 unspecified atom stereocenters. The van der Waals surface area contributed by atoms with Crippen LogP contribution in [0.1, 0.15) is 9.67 Å². The van der Waals surface area contributed by atoms with Crippen molar-refractivity contribution in [1.29, 1.82) is 0 Å². The molecule has 0 aliphatic heterocycles. The second-order valence-corrected chi connectivity index (χ2v) is 5.35. The van der Waals surface area contributed by atoms with Crippen molar-refractivity contribution < 1.29 is 9.90 Å². The highest BCUT2D eigenvalue weighted by atomic mass is 35.5. The molecule has 0 aliphatic carbocycles. The molecular formula is C11H5Cl3O2S. The van der Waals surface area contributed by atoms with Gasteiger partial charge in [-0.3, -0.25) is 0 Å². The third kappa shape index (κ3) is 2.43. The zero-order chi connectivity index (χ0) is 12.6. The van der Waals surface area contributed by atoms with Crippen molar-refractivity contribution in [3.63, 3.8) is 0 Å². The average molecular weight is 308 g/mol. The molecule has 0 fully saturated rings. The van der Waals surface area contributed by atoms with Crippen LogP contribution >= 0.6 is 46.1 Å². The zero-order valence-corrected chi connectivity index (χ0v) is 11.3. The number of rotatable bonds is 2. The van der Waals surface area contributed by atoms with Gasteiger partial charge < -0.3 is 5.11 Å². The largest absolute Gasteiger partial charge is 0.477 e. The van der Waals surface area contributed by atoms with Crippen molar-refractivity contribution in [2.24, 2.45) is 0 Å². The molecule has 2 rings (SSSR count). The molecule has 1 N–H and O–H groups in total. The van der Waals surface area contributed by atoms with Crippen molar-refractivity contribution >= 4 is 52.1 Å². The maximum Gasteiger partial charge on any atom is 0.346 e. The SMILES string of the molecule is O=C(O)c1sccc1-c1cc(Cl)c(Cl)cc1Cl. The Bertz CT molecular complexity index is 592. The van der Waals surface area contributed by atoms with Gasteiger partial charge in [-0.1, -0.05) is 34.8 Å². The fourth-order valence-corrected chi connectivity index (χ4v) is 2.81. The van der Waals surface area contributed by atoms with E-state index in [1.165, 1.54) is 6.07 Å². The molecule has 0 saturated carbocycles. The van der Waals surface area contributed by atoms with E-state index in [4.69, 9.17) is 39.9 Å². The van der Waals surface area contributed by atoms with Crippen LogP contribution in [0, 0.1) is 0 Å². The molecule has 2 aromatic rings. The van der Waals surface area contributed by atoms with Crippen LogP contribution in [-0.2, 0) is 0 Å². The standard InChI is InChI=1S/C11H5Cl3O2S/c12-7-4-9(14)8(13)3-6(7)5-1-2-17-10(5)11(15)16/h1-4H,(H,15,16). The van der Waals surface area contributed by atoms with Crippen LogP contribution in [0.25, 0.3) is 11.1 Å². The van der Waals surface area contributed by atoms with Gasteiger partial charge in [-0.2, -0.15) is 0 Å². The van der Waals surface area contributed by atoms with E-state index in [2.05, 4.69) is 0 Å². The van der Waals surface area contributed by atoms with Crippen LogP contribution < -0.4 is 0 Å². The number of benzene rings is 1. The molecule has 0 amide bonds. The first-order valence-corrected chi connectivity index (χ1v) is 6.47. The summed E-state index contributed by atoms with van der Waals surface area (Å²) in [5.41, 5.74) is 1.12. The summed E-state index contributed by atoms with van der Waals surface area (Å²) in [5, 5.41) is 11.8. The van der Waals surface area contributed by atoms with Crippen molar-refractivity contribution in [3.8, 4) is 11.1 Å². The number of carbonyl (C=O) groups is 1. The van der Waals surface area contributed by atoms with E-state index in [9.17, 15) is 4.79 Å². The fraction of sp³-hybridized carbons (Fsp3) is 0. The fourth-order valence-electron chi connectivity index (χ4n) is 1.42. The summed E-state index contributed by atoms with van der Waals surface area (Å²) in [6.07, 6.45) is 0. The smallest absolute Gasteiger partial charge is 0.346 e. The van der Waals surface area contributed by atoms with E-state index in [1.54, 1.807) is 17.5 Å². The third-order valence-electron chi connectivity index (χ3n) is 2.16. The molecule has 1 aromatic carbocycles. The van der Waals surface area contributed by atoms with Crippen molar-refractivity contribution in [2.75, 3.05) is 0 Å². The van der Waals surface area contributed by atoms with Gasteiger partial charge in [-0.25, -0.2) is 4.79 Å². The van der Waals surface area contributed by atoms with Crippen LogP contribution in [-0.4, -0.2) is 11.1 Å². The minimum Gasteiger partial charge on any atom is -0.477 e. The summed E-state index contributed by atoms with van der Waals surface area (Å²) in [6, 6.07) is 4.77. The minimum atomic E-state index is -0.989. The molecule has 1 heterocycles. The number of aromatic carboxylic acids is 1. The summed E-state index contributed by atoms with van der Waals surface area (Å²) >= 11 is 18.9. The number of hydrogen-bond donors (Lipinski definition) is 1. The second kappa shape index (κ2) is 4.86. The maximum atomic E-state index is 11.0. The third-order valence-corrected chi connectivity index (χ3v) is 4.10. The highest BCUT2D eigenvalue weighted by Crippen LogP contribution is 2.38. The molecule has 88 valence electrons. The van der Waals surface area contributed by atoms with E-state index in [0.717, 1.165) is 11.3 Å². The summed E-state index contributed by atoms with van der Waals surface area (Å²) in [4.78, 5) is 11.3. The summed E-state index contributed by atoms with van der Waals surface area (Å²) < 4.78 is 0. The second-order valence-electron chi connectivity index (χ2n) is 3.21. The summed E-state index contributed by atoms with van der Waals surface area (Å²) in [5.74, 6) is -0.989. The molecule has 1 aromatic heterocycles. The van der Waals surface area contributed by atoms with E-state index in [0.29, 0.717) is 26.2 Å². The molecule has 2 nitrogen and oxygen atoms in total. The molecule has 6 heteroatoms. The Labute approximate surface area is 116 Å². The molecule has 0 atom stereocenters. The van der Waals surface area contributed by atoms with Crippen LogP contribution in [0.15, 0.2) is 23.6 Å². The highest BCUT2D eigenvalue weighted by Gasteiger charge is 2.16. The average Bonchev–Trinajstić information content (AvgIpc) is 2.72. The van der Waals surface area contributed by atoms with Crippen LogP contribution in [0.2, 0.25) is 15.1 Å². The first kappa shape index (κ1) is 12.7. The first-order valence-electron chi connectivity index (χ1n) is 4.46. The molecule has 17 heavy (non-hydrogen) atoms. The predicted molar refractivity (Wildman–Crippen MR) is 71.7 cm³/mol. The normalized spacial score (nSPS) is 10.5. The Morgan fingerprint density at radius 1 is 1.06 bits per heavy atom. The van der Waals surface area contributed by atoms with Gasteiger partial charge in [0.1, 0.15) is 4.88 Å². The topological polar surface area (TPSA) is 37.3 Å². The van der Waals surface area contributed by atoms with Gasteiger partial charge >= 0.3 is 5.97 Å². The molecular weight excluding hydrogens is 303 g/mol. The van der Waals surface area contributed by atoms with E-state index < -0.39 is 5.97 Å². The van der Waals surface area contributed by atoms with Gasteiger partial charge in [0.25, 0.3) is 0 Å². The molecule has 0 bridgehead atoms. The number of carboxylic acids is 1. The Morgan fingerprint density at radius 3 is 2.35 bits per heavy atom. The Morgan fingerprint density at radius 2 is 1.71 bits per heavy atom. The van der Waals surface area contributed by atoms with Gasteiger partial charge in [0.05, 0.1) is 15.1 Å². The van der Waals surface area contributed by atoms with Gasteiger partial charge in [-0.15, -0.1) is 11.3 Å². The van der Waals surface area contributed by atoms with Crippen LogP contribution in [0.3, 0.4) is 0 Å². The number of hydrogen-bond acceptors (Lipinski definition) is 2. The van der Waals surface area contributed by atoms with E-state index in [-0.39, 0.29) is 4.88 Å². The zero-order valence-electron chi connectivity index (χ0n) is 8.21. The number of thiophene rings is 1. The van der Waals surface area contributed by atoms with Crippen molar-refractivity contribution in [3.05, 3.63) is 43.5 Å². The maximum absolute atomic E-state index is 11.0. The molecule has 0 aliphatic rings. The van der Waals surface area contributed by atoms with Crippen molar-refractivity contribution in [2.45, 2.75) is 0 Å². The lowest BCUT2D eigenvalue weighted by molar-refractivity contribution is 0.0703. The van der Waals surface area contributed by atoms with Gasteiger partial charge in [0.15, 0.2) is 0 Å². The summed E-state index contributed by atoms with van der Waals surface area (Å²) in [6.45, 7) is 0. The Balaban J connectivity index is 2.64. The van der Waals surface area contributed by atoms with E-state index in [1.807, 2.05) is 0 Å². The van der Waals surface area contributed by atoms with Gasteiger partial charge in [0.2, 0.25) is 0 Å². The predicted octanol–water partition coefficient (Wildman–Crippen LogP) is 5.07. The van der Waals surface area contributed by atoms with Gasteiger partial charge in [0, 0.05) is 11.1 Å². The Hall–Kier alpha value is -0.740.